The van der Waals surface area contributed by atoms with Crippen molar-refractivity contribution in [3.8, 4) is 0 Å². The number of carboxylic acids is 1. The normalized spacial score (nSPS) is 26.5. The van der Waals surface area contributed by atoms with E-state index in [4.69, 9.17) is 16.3 Å². The average molecular weight is 441 g/mol. The Morgan fingerprint density at radius 2 is 1.80 bits per heavy atom. The predicted octanol–water partition coefficient (Wildman–Crippen LogP) is 6.54. The summed E-state index contributed by atoms with van der Waals surface area (Å²) in [5, 5.41) is 10.00. The number of rotatable bonds is 6. The molecule has 0 bridgehead atoms. The second-order valence-electron chi connectivity index (χ2n) is 8.65. The molecule has 0 aliphatic heterocycles. The Labute approximate surface area is 178 Å². The van der Waals surface area contributed by atoms with Crippen LogP contribution in [-0.2, 0) is 9.53 Å². The third-order valence-electron chi connectivity index (χ3n) is 6.79. The second-order valence-corrected chi connectivity index (χ2v) is 9.11. The summed E-state index contributed by atoms with van der Waals surface area (Å²) in [4.78, 5) is 12.3. The van der Waals surface area contributed by atoms with Crippen molar-refractivity contribution in [2.75, 3.05) is 6.61 Å². The van der Waals surface area contributed by atoms with Crippen LogP contribution in [-0.4, -0.2) is 23.9 Å². The molecule has 2 fully saturated rings. The van der Waals surface area contributed by atoms with Gasteiger partial charge in [0.25, 0.3) is 0 Å². The van der Waals surface area contributed by atoms with E-state index in [2.05, 4.69) is 0 Å². The van der Waals surface area contributed by atoms with E-state index in [1.54, 1.807) is 24.3 Å². The highest BCUT2D eigenvalue weighted by atomic mass is 35.5. The second kappa shape index (κ2) is 7.63. The minimum Gasteiger partial charge on any atom is -0.493 e. The molecule has 0 heterocycles. The van der Waals surface area contributed by atoms with Gasteiger partial charge in [-0.2, -0.15) is 13.2 Å². The number of alkyl halides is 3. The molecule has 2 saturated carbocycles. The molecular weight excluding hydrogens is 417 g/mol. The number of allylic oxidation sites excluding steroid dienone is 3. The molecule has 0 amide bonds. The lowest BCUT2D eigenvalue weighted by Crippen LogP contribution is -2.55. The van der Waals surface area contributed by atoms with Crippen molar-refractivity contribution in [3.63, 3.8) is 0 Å². The number of benzene rings is 1. The van der Waals surface area contributed by atoms with Crippen LogP contribution in [0, 0.1) is 16.7 Å². The smallest absolute Gasteiger partial charge is 0.399 e. The molecule has 1 N–H and O–H groups in total. The number of hydrogen-bond donors (Lipinski definition) is 1. The van der Waals surface area contributed by atoms with Gasteiger partial charge in [0.1, 0.15) is 11.2 Å². The zero-order chi connectivity index (χ0) is 21.6. The van der Waals surface area contributed by atoms with Gasteiger partial charge in [0.2, 0.25) is 0 Å². The van der Waals surface area contributed by atoms with E-state index >= 15 is 0 Å². The van der Waals surface area contributed by atoms with E-state index in [1.807, 2.05) is 6.07 Å². The van der Waals surface area contributed by atoms with Gasteiger partial charge >= 0.3 is 12.1 Å². The van der Waals surface area contributed by atoms with Gasteiger partial charge in [0.15, 0.2) is 0 Å². The van der Waals surface area contributed by atoms with Crippen LogP contribution < -0.4 is 0 Å². The van der Waals surface area contributed by atoms with Crippen molar-refractivity contribution in [2.45, 2.75) is 51.1 Å². The molecular formula is C23H24ClF3O3. The average Bonchev–Trinajstić information content (AvgIpc) is 3.38. The standard InChI is InChI=1S/C23H24ClF3O3/c24-17-12-22(23(25,26)27,21(20(28)29)10-4-5-11-21)13-18(30-14-15-8-9-15)19(17)16-6-2-1-3-7-16/h1-3,6-7,13,15H,4-5,8-12,14H2,(H,28,29). The zero-order valence-corrected chi connectivity index (χ0v) is 17.2. The first-order chi connectivity index (χ1) is 14.2. The molecule has 3 aliphatic rings. The summed E-state index contributed by atoms with van der Waals surface area (Å²) in [5.41, 5.74) is -3.45. The fourth-order valence-electron chi connectivity index (χ4n) is 4.91. The Kier molecular flexibility index (Phi) is 5.41. The summed E-state index contributed by atoms with van der Waals surface area (Å²) >= 11 is 6.54. The van der Waals surface area contributed by atoms with Gasteiger partial charge in [-0.05, 0) is 43.2 Å². The molecule has 1 atom stereocenters. The molecule has 0 spiro atoms. The van der Waals surface area contributed by atoms with Crippen LogP contribution in [0.4, 0.5) is 13.2 Å². The van der Waals surface area contributed by atoms with Gasteiger partial charge < -0.3 is 9.84 Å². The van der Waals surface area contributed by atoms with E-state index in [0.29, 0.717) is 36.5 Å². The largest absolute Gasteiger partial charge is 0.493 e. The quantitative estimate of drug-likeness (QED) is 0.546. The molecule has 1 aromatic carbocycles. The van der Waals surface area contributed by atoms with E-state index in [0.717, 1.165) is 18.9 Å². The number of ether oxygens (including phenoxy) is 1. The van der Waals surface area contributed by atoms with Crippen molar-refractivity contribution in [3.05, 3.63) is 52.8 Å². The fraction of sp³-hybridized carbons (Fsp3) is 0.522. The SMILES string of the molecule is O=C(O)C1(C2(C(F)(F)F)C=C(OCC3CC3)C(c3ccccc3)=C(Cl)C2)CCCC1. The van der Waals surface area contributed by atoms with Crippen LogP contribution in [0.1, 0.15) is 50.5 Å². The van der Waals surface area contributed by atoms with Crippen molar-refractivity contribution in [1.82, 2.24) is 0 Å². The van der Waals surface area contributed by atoms with Crippen molar-refractivity contribution in [1.29, 1.82) is 0 Å². The van der Waals surface area contributed by atoms with Crippen LogP contribution in [0.5, 0.6) is 0 Å². The summed E-state index contributed by atoms with van der Waals surface area (Å²) in [6.45, 7) is 0.306. The van der Waals surface area contributed by atoms with Gasteiger partial charge in [-0.1, -0.05) is 54.8 Å². The Balaban J connectivity index is 1.88. The fourth-order valence-corrected chi connectivity index (χ4v) is 5.33. The molecule has 30 heavy (non-hydrogen) atoms. The number of aliphatic carboxylic acids is 1. The number of carbonyl (C=O) groups is 1. The summed E-state index contributed by atoms with van der Waals surface area (Å²) in [6, 6.07) is 8.93. The highest BCUT2D eigenvalue weighted by Gasteiger charge is 2.70. The maximum atomic E-state index is 14.7. The summed E-state index contributed by atoms with van der Waals surface area (Å²) < 4.78 is 50.0. The minimum absolute atomic E-state index is 0.000605. The Morgan fingerprint density at radius 3 is 2.33 bits per heavy atom. The first kappa shape index (κ1) is 21.3. The molecule has 0 aromatic heterocycles. The van der Waals surface area contributed by atoms with Crippen LogP contribution >= 0.6 is 11.6 Å². The van der Waals surface area contributed by atoms with Gasteiger partial charge in [0.05, 0.1) is 12.0 Å². The summed E-state index contributed by atoms with van der Waals surface area (Å²) in [6.07, 6.45) is -1.53. The zero-order valence-electron chi connectivity index (χ0n) is 16.5. The first-order valence-electron chi connectivity index (χ1n) is 10.3. The van der Waals surface area contributed by atoms with Crippen LogP contribution in [0.2, 0.25) is 0 Å². The Morgan fingerprint density at radius 1 is 1.17 bits per heavy atom. The molecule has 3 nitrogen and oxygen atoms in total. The molecule has 0 saturated heterocycles. The van der Waals surface area contributed by atoms with Gasteiger partial charge in [-0.15, -0.1) is 0 Å². The topological polar surface area (TPSA) is 46.5 Å². The van der Waals surface area contributed by atoms with Crippen molar-refractivity contribution >= 4 is 23.1 Å². The lowest BCUT2D eigenvalue weighted by atomic mass is 9.57. The van der Waals surface area contributed by atoms with E-state index in [-0.39, 0.29) is 23.6 Å². The van der Waals surface area contributed by atoms with Crippen LogP contribution in [0.3, 0.4) is 0 Å². The number of carboxylic acid groups (broad SMARTS) is 1. The van der Waals surface area contributed by atoms with Gasteiger partial charge in [-0.25, -0.2) is 0 Å². The highest BCUT2D eigenvalue weighted by Crippen LogP contribution is 2.65. The van der Waals surface area contributed by atoms with Crippen molar-refractivity contribution < 1.29 is 27.8 Å². The maximum absolute atomic E-state index is 14.7. The van der Waals surface area contributed by atoms with Gasteiger partial charge in [0, 0.05) is 17.0 Å². The Hall–Kier alpha value is -1.95. The first-order valence-corrected chi connectivity index (χ1v) is 10.7. The molecule has 1 unspecified atom stereocenters. The summed E-state index contributed by atoms with van der Waals surface area (Å²) in [5.74, 6) is -1.04. The molecule has 0 radical (unpaired) electrons. The van der Waals surface area contributed by atoms with Crippen molar-refractivity contribution in [2.24, 2.45) is 16.7 Å². The molecule has 1 aromatic rings. The van der Waals surface area contributed by atoms with E-state index in [9.17, 15) is 23.1 Å². The van der Waals surface area contributed by atoms with E-state index < -0.39 is 29.4 Å². The lowest BCUT2D eigenvalue weighted by Gasteiger charge is -2.47. The Bertz CT molecular complexity index is 881. The predicted molar refractivity (Wildman–Crippen MR) is 108 cm³/mol. The third-order valence-corrected chi connectivity index (χ3v) is 7.11. The van der Waals surface area contributed by atoms with Crippen LogP contribution in [0.15, 0.2) is 47.2 Å². The molecule has 3 aliphatic carbocycles. The van der Waals surface area contributed by atoms with E-state index in [1.165, 1.54) is 0 Å². The molecule has 162 valence electrons. The molecule has 4 rings (SSSR count). The highest BCUT2D eigenvalue weighted by molar-refractivity contribution is 6.33. The van der Waals surface area contributed by atoms with Gasteiger partial charge in [-0.3, -0.25) is 4.79 Å². The number of halogens is 4. The summed E-state index contributed by atoms with van der Waals surface area (Å²) in [7, 11) is 0. The monoisotopic (exact) mass is 440 g/mol. The number of hydrogen-bond acceptors (Lipinski definition) is 2. The lowest BCUT2D eigenvalue weighted by molar-refractivity contribution is -0.248. The van der Waals surface area contributed by atoms with Crippen LogP contribution in [0.25, 0.3) is 5.57 Å². The third kappa shape index (κ3) is 3.43. The maximum Gasteiger partial charge on any atom is 0.399 e. The minimum atomic E-state index is -4.79. The molecule has 7 heteroatoms.